The Kier molecular flexibility index (Phi) is 7.32. The number of hydrogen-bond donors (Lipinski definition) is 2. The molecular weight excluding hydrogens is 433 g/mol. The molecule has 9 heteroatoms. The first-order valence-corrected chi connectivity index (χ1v) is 10.1. The van der Waals surface area contributed by atoms with Crippen LogP contribution >= 0.6 is 0 Å². The number of amides is 2. The van der Waals surface area contributed by atoms with Crippen LogP contribution in [0.3, 0.4) is 0 Å². The van der Waals surface area contributed by atoms with Gasteiger partial charge in [0.2, 0.25) is 11.8 Å². The molecule has 0 aliphatic rings. The Morgan fingerprint density at radius 1 is 1.00 bits per heavy atom. The molecule has 3 rings (SSSR count). The highest BCUT2D eigenvalue weighted by atomic mass is 19.4. The lowest BCUT2D eigenvalue weighted by Gasteiger charge is -2.16. The van der Waals surface area contributed by atoms with Gasteiger partial charge in [0.25, 0.3) is 0 Å². The minimum atomic E-state index is -4.50. The van der Waals surface area contributed by atoms with Gasteiger partial charge in [-0.1, -0.05) is 42.5 Å². The van der Waals surface area contributed by atoms with Crippen LogP contribution in [0.2, 0.25) is 0 Å². The fraction of sp³-hybridized carbons (Fsp3) is 0.208. The predicted octanol–water partition coefficient (Wildman–Crippen LogP) is 4.27. The highest BCUT2D eigenvalue weighted by Crippen LogP contribution is 2.35. The average Bonchev–Trinajstić information content (AvgIpc) is 3.05. The van der Waals surface area contributed by atoms with Crippen LogP contribution in [0.15, 0.2) is 65.8 Å². The van der Waals surface area contributed by atoms with E-state index in [1.807, 2.05) is 30.3 Å². The molecule has 0 aliphatic heterocycles. The Labute approximate surface area is 189 Å². The molecule has 0 saturated heterocycles. The summed E-state index contributed by atoms with van der Waals surface area (Å²) in [5.74, 6) is -1.05. The van der Waals surface area contributed by atoms with E-state index < -0.39 is 30.0 Å². The Morgan fingerprint density at radius 3 is 2.36 bits per heavy atom. The van der Waals surface area contributed by atoms with Crippen LogP contribution in [-0.2, 0) is 22.3 Å². The molecule has 2 aromatic carbocycles. The van der Waals surface area contributed by atoms with Crippen molar-refractivity contribution in [3.63, 3.8) is 0 Å². The standard InChI is InChI=1S/C24H23F3N4O2/c1-16-12-19(17(2)31(16)21-11-7-6-10-20(21)24(25,26)27)15-29-30-23(33)13-22(32)28-14-18-8-4-3-5-9-18/h3-12,15H,13-14H2,1-2H3,(H,28,32)(H,30,33)/b29-15+. The molecule has 2 amide bonds. The first-order valence-electron chi connectivity index (χ1n) is 10.1. The average molecular weight is 456 g/mol. The fourth-order valence-electron chi connectivity index (χ4n) is 3.42. The van der Waals surface area contributed by atoms with Crippen molar-refractivity contribution >= 4 is 18.0 Å². The van der Waals surface area contributed by atoms with E-state index in [1.54, 1.807) is 26.0 Å². The van der Waals surface area contributed by atoms with Gasteiger partial charge in [-0.05, 0) is 37.6 Å². The minimum Gasteiger partial charge on any atom is -0.352 e. The number of carbonyl (C=O) groups is 2. The molecular formula is C24H23F3N4O2. The van der Waals surface area contributed by atoms with Gasteiger partial charge in [0.15, 0.2) is 0 Å². The van der Waals surface area contributed by atoms with Crippen LogP contribution in [0.25, 0.3) is 5.69 Å². The van der Waals surface area contributed by atoms with Crippen LogP contribution in [0, 0.1) is 13.8 Å². The van der Waals surface area contributed by atoms with Crippen molar-refractivity contribution in [2.24, 2.45) is 5.10 Å². The van der Waals surface area contributed by atoms with E-state index in [1.165, 1.54) is 22.9 Å². The van der Waals surface area contributed by atoms with Crippen molar-refractivity contribution in [2.75, 3.05) is 0 Å². The van der Waals surface area contributed by atoms with Crippen LogP contribution in [0.1, 0.15) is 34.5 Å². The van der Waals surface area contributed by atoms with Crippen LogP contribution < -0.4 is 10.7 Å². The summed E-state index contributed by atoms with van der Waals surface area (Å²) in [5, 5.41) is 6.50. The van der Waals surface area contributed by atoms with Gasteiger partial charge in [0, 0.05) is 23.5 Å². The summed E-state index contributed by atoms with van der Waals surface area (Å²) in [6.07, 6.45) is -3.56. The molecule has 0 bridgehead atoms. The van der Waals surface area contributed by atoms with Gasteiger partial charge in [-0.3, -0.25) is 9.59 Å². The second kappa shape index (κ2) is 10.2. The van der Waals surface area contributed by atoms with E-state index in [-0.39, 0.29) is 5.69 Å². The molecule has 0 atom stereocenters. The summed E-state index contributed by atoms with van der Waals surface area (Å²) in [6.45, 7) is 3.66. The third kappa shape index (κ3) is 6.09. The van der Waals surface area contributed by atoms with Gasteiger partial charge in [-0.25, -0.2) is 5.43 Å². The predicted molar refractivity (Wildman–Crippen MR) is 119 cm³/mol. The quantitative estimate of drug-likeness (QED) is 0.317. The van der Waals surface area contributed by atoms with Crippen LogP contribution in [0.4, 0.5) is 13.2 Å². The molecule has 0 radical (unpaired) electrons. The third-order valence-electron chi connectivity index (χ3n) is 4.97. The number of hydrogen-bond acceptors (Lipinski definition) is 3. The lowest BCUT2D eigenvalue weighted by atomic mass is 10.1. The molecule has 0 spiro atoms. The van der Waals surface area contributed by atoms with Crippen LogP contribution in [0.5, 0.6) is 0 Å². The maximum atomic E-state index is 13.4. The number of rotatable bonds is 7. The molecule has 0 unspecified atom stereocenters. The Hall–Kier alpha value is -3.88. The number of benzene rings is 2. The first-order chi connectivity index (χ1) is 15.7. The highest BCUT2D eigenvalue weighted by Gasteiger charge is 2.34. The lowest BCUT2D eigenvalue weighted by molar-refractivity contribution is -0.137. The Bertz CT molecular complexity index is 1170. The number of para-hydroxylation sites is 1. The SMILES string of the molecule is Cc1cc(/C=N/NC(=O)CC(=O)NCc2ccccc2)c(C)n1-c1ccccc1C(F)(F)F. The Balaban J connectivity index is 1.64. The normalized spacial score (nSPS) is 11.5. The minimum absolute atomic E-state index is 0.0128. The van der Waals surface area contributed by atoms with E-state index in [0.29, 0.717) is 23.5 Å². The van der Waals surface area contributed by atoms with Crippen molar-refractivity contribution in [1.29, 1.82) is 0 Å². The number of nitrogens with one attached hydrogen (secondary N) is 2. The van der Waals surface area contributed by atoms with E-state index in [4.69, 9.17) is 0 Å². The summed E-state index contributed by atoms with van der Waals surface area (Å²) >= 11 is 0. The number of alkyl halides is 3. The summed E-state index contributed by atoms with van der Waals surface area (Å²) in [6, 6.07) is 16.3. The molecule has 33 heavy (non-hydrogen) atoms. The monoisotopic (exact) mass is 456 g/mol. The molecule has 0 aliphatic carbocycles. The van der Waals surface area contributed by atoms with E-state index in [2.05, 4.69) is 15.8 Å². The molecule has 6 nitrogen and oxygen atoms in total. The van der Waals surface area contributed by atoms with Gasteiger partial charge < -0.3 is 9.88 Å². The molecule has 2 N–H and O–H groups in total. The van der Waals surface area contributed by atoms with Gasteiger partial charge in [-0.2, -0.15) is 18.3 Å². The van der Waals surface area contributed by atoms with Gasteiger partial charge in [0.05, 0.1) is 17.5 Å². The van der Waals surface area contributed by atoms with Crippen molar-refractivity contribution < 1.29 is 22.8 Å². The van der Waals surface area contributed by atoms with Crippen molar-refractivity contribution in [1.82, 2.24) is 15.3 Å². The second-order valence-corrected chi connectivity index (χ2v) is 7.41. The smallest absolute Gasteiger partial charge is 0.352 e. The van der Waals surface area contributed by atoms with E-state index in [9.17, 15) is 22.8 Å². The number of carbonyl (C=O) groups excluding carboxylic acids is 2. The molecule has 0 saturated carbocycles. The summed E-state index contributed by atoms with van der Waals surface area (Å²) in [4.78, 5) is 23.9. The number of aryl methyl sites for hydroxylation is 1. The Morgan fingerprint density at radius 2 is 1.67 bits per heavy atom. The zero-order valence-corrected chi connectivity index (χ0v) is 18.1. The van der Waals surface area contributed by atoms with Gasteiger partial charge in [-0.15, -0.1) is 0 Å². The molecule has 1 aromatic heterocycles. The first kappa shape index (κ1) is 23.8. The second-order valence-electron chi connectivity index (χ2n) is 7.41. The molecule has 172 valence electrons. The van der Waals surface area contributed by atoms with Crippen molar-refractivity contribution in [3.05, 3.63) is 88.7 Å². The number of halogens is 3. The summed E-state index contributed by atoms with van der Waals surface area (Å²) in [7, 11) is 0. The van der Waals surface area contributed by atoms with Gasteiger partial charge in [0.1, 0.15) is 6.42 Å². The zero-order chi connectivity index (χ0) is 24.0. The molecule has 3 aromatic rings. The van der Waals surface area contributed by atoms with Crippen molar-refractivity contribution in [3.8, 4) is 5.69 Å². The third-order valence-corrected chi connectivity index (χ3v) is 4.97. The maximum Gasteiger partial charge on any atom is 0.418 e. The number of nitrogens with zero attached hydrogens (tertiary/aromatic N) is 2. The lowest BCUT2D eigenvalue weighted by Crippen LogP contribution is -2.29. The fourth-order valence-corrected chi connectivity index (χ4v) is 3.42. The molecule has 0 fully saturated rings. The highest BCUT2D eigenvalue weighted by molar-refractivity contribution is 5.97. The summed E-state index contributed by atoms with van der Waals surface area (Å²) < 4.78 is 41.8. The largest absolute Gasteiger partial charge is 0.418 e. The topological polar surface area (TPSA) is 75.5 Å². The number of aromatic nitrogens is 1. The molecule has 1 heterocycles. The maximum absolute atomic E-state index is 13.4. The van der Waals surface area contributed by atoms with Crippen LogP contribution in [-0.4, -0.2) is 22.6 Å². The summed E-state index contributed by atoms with van der Waals surface area (Å²) in [5.41, 5.74) is 4.10. The zero-order valence-electron chi connectivity index (χ0n) is 18.1. The van der Waals surface area contributed by atoms with E-state index >= 15 is 0 Å². The number of hydrazone groups is 1. The van der Waals surface area contributed by atoms with Crippen molar-refractivity contribution in [2.45, 2.75) is 33.0 Å². The van der Waals surface area contributed by atoms with Gasteiger partial charge >= 0.3 is 6.18 Å². The van der Waals surface area contributed by atoms with E-state index in [0.717, 1.165) is 11.6 Å².